The van der Waals surface area contributed by atoms with Gasteiger partial charge in [-0.2, -0.15) is 5.26 Å². The lowest BCUT2D eigenvalue weighted by atomic mass is 9.99. The van der Waals surface area contributed by atoms with Gasteiger partial charge in [0, 0.05) is 5.56 Å². The van der Waals surface area contributed by atoms with Crippen LogP contribution in [-0.2, 0) is 9.59 Å². The van der Waals surface area contributed by atoms with Crippen LogP contribution >= 0.6 is 0 Å². The summed E-state index contributed by atoms with van der Waals surface area (Å²) in [7, 11) is 0. The minimum Gasteiger partial charge on any atom is -0.321 e. The highest BCUT2D eigenvalue weighted by atomic mass is 16.2. The largest absolute Gasteiger partial charge is 0.321 e. The molecule has 0 unspecified atom stereocenters. The number of carbonyl (C=O) groups excluding carboxylic acids is 2. The van der Waals surface area contributed by atoms with Crippen LogP contribution in [0.4, 0.5) is 0 Å². The number of hydrogen-bond acceptors (Lipinski definition) is 3. The first-order chi connectivity index (χ1) is 14.7. The fourth-order valence-electron chi connectivity index (χ4n) is 3.82. The molecule has 0 radical (unpaired) electrons. The quantitative estimate of drug-likeness (QED) is 0.718. The molecule has 0 aliphatic carbocycles. The van der Waals surface area contributed by atoms with Crippen molar-refractivity contribution in [3.8, 4) is 17.2 Å². The molecule has 5 heteroatoms. The first kappa shape index (κ1) is 17.7. The van der Waals surface area contributed by atoms with Crippen LogP contribution in [-0.4, -0.2) is 11.8 Å². The summed E-state index contributed by atoms with van der Waals surface area (Å²) < 4.78 is 0. The Kier molecular flexibility index (Phi) is 4.04. The maximum atomic E-state index is 12.7. The molecule has 0 saturated heterocycles. The minimum absolute atomic E-state index is 0.317. The third-order valence-electron chi connectivity index (χ3n) is 5.24. The van der Waals surface area contributed by atoms with Crippen LogP contribution in [0.2, 0.25) is 0 Å². The van der Waals surface area contributed by atoms with Crippen molar-refractivity contribution in [1.82, 2.24) is 10.6 Å². The lowest BCUT2D eigenvalue weighted by Crippen LogP contribution is -2.21. The number of hydrogen-bond donors (Lipinski definition) is 2. The summed E-state index contributed by atoms with van der Waals surface area (Å²) in [5, 5.41) is 14.8. The van der Waals surface area contributed by atoms with E-state index >= 15 is 0 Å². The topological polar surface area (TPSA) is 82.0 Å². The van der Waals surface area contributed by atoms with E-state index in [4.69, 9.17) is 5.26 Å². The third-order valence-corrected chi connectivity index (χ3v) is 5.24. The summed E-state index contributed by atoms with van der Waals surface area (Å²) in [5.74, 6) is -0.661. The molecule has 0 fully saturated rings. The molecule has 5 nitrogen and oxygen atoms in total. The third kappa shape index (κ3) is 2.79. The number of nitrogens with one attached hydrogen (secondary N) is 2. The normalized spacial score (nSPS) is 15.0. The molecular formula is C25H15N3O2. The Morgan fingerprint density at radius 1 is 0.600 bits per heavy atom. The maximum Gasteiger partial charge on any atom is 0.258 e. The molecule has 0 aromatic heterocycles. The minimum atomic E-state index is -0.331. The maximum absolute atomic E-state index is 12.7. The highest BCUT2D eigenvalue weighted by Crippen LogP contribution is 2.37. The van der Waals surface area contributed by atoms with Crippen LogP contribution in [0.25, 0.3) is 22.5 Å². The van der Waals surface area contributed by atoms with Crippen LogP contribution in [0.5, 0.6) is 0 Å². The van der Waals surface area contributed by atoms with E-state index < -0.39 is 0 Å². The first-order valence-corrected chi connectivity index (χ1v) is 9.44. The van der Waals surface area contributed by atoms with Crippen LogP contribution in [0, 0.1) is 11.3 Å². The number of amides is 2. The van der Waals surface area contributed by atoms with Gasteiger partial charge in [-0.25, -0.2) is 0 Å². The van der Waals surface area contributed by atoms with Crippen molar-refractivity contribution in [2.24, 2.45) is 0 Å². The van der Waals surface area contributed by atoms with Crippen molar-refractivity contribution in [1.29, 1.82) is 5.26 Å². The zero-order valence-corrected chi connectivity index (χ0v) is 15.8. The number of benzene rings is 3. The van der Waals surface area contributed by atoms with Crippen molar-refractivity contribution in [2.75, 3.05) is 0 Å². The Morgan fingerprint density at radius 3 is 1.77 bits per heavy atom. The van der Waals surface area contributed by atoms with Crippen molar-refractivity contribution >= 4 is 23.2 Å². The summed E-state index contributed by atoms with van der Waals surface area (Å²) in [4.78, 5) is 25.5. The molecule has 0 atom stereocenters. The van der Waals surface area contributed by atoms with Gasteiger partial charge in [0.05, 0.1) is 34.2 Å². The summed E-state index contributed by atoms with van der Waals surface area (Å²) >= 11 is 0. The summed E-state index contributed by atoms with van der Waals surface area (Å²) in [6.45, 7) is 0. The monoisotopic (exact) mass is 389 g/mol. The number of fused-ring (bicyclic) bond motifs is 1. The molecule has 0 spiro atoms. The zero-order valence-electron chi connectivity index (χ0n) is 15.8. The first-order valence-electron chi connectivity index (χ1n) is 9.44. The molecule has 0 saturated carbocycles. The molecule has 2 N–H and O–H groups in total. The van der Waals surface area contributed by atoms with E-state index in [1.807, 2.05) is 54.6 Å². The lowest BCUT2D eigenvalue weighted by molar-refractivity contribution is -0.117. The van der Waals surface area contributed by atoms with E-state index in [2.05, 4.69) is 16.7 Å². The summed E-state index contributed by atoms with van der Waals surface area (Å²) in [6.07, 6.45) is 0. The molecule has 3 aromatic rings. The van der Waals surface area contributed by atoms with Crippen LogP contribution in [0.3, 0.4) is 0 Å². The molecule has 2 aliphatic heterocycles. The molecule has 3 aromatic carbocycles. The molecule has 2 aliphatic rings. The smallest absolute Gasteiger partial charge is 0.258 e. The van der Waals surface area contributed by atoms with E-state index in [9.17, 15) is 9.59 Å². The van der Waals surface area contributed by atoms with E-state index in [0.717, 1.165) is 16.7 Å². The Hall–Kier alpha value is -4.43. The Morgan fingerprint density at radius 2 is 1.13 bits per heavy atom. The number of nitriles is 1. The van der Waals surface area contributed by atoms with Gasteiger partial charge in [-0.15, -0.1) is 0 Å². The molecular weight excluding hydrogens is 374 g/mol. The van der Waals surface area contributed by atoms with Gasteiger partial charge in [0.15, 0.2) is 0 Å². The lowest BCUT2D eigenvalue weighted by Gasteiger charge is -2.08. The van der Waals surface area contributed by atoms with Gasteiger partial charge in [-0.3, -0.25) is 9.59 Å². The van der Waals surface area contributed by atoms with E-state index in [-0.39, 0.29) is 11.8 Å². The predicted octanol–water partition coefficient (Wildman–Crippen LogP) is 3.61. The van der Waals surface area contributed by atoms with Crippen LogP contribution in [0.1, 0.15) is 16.7 Å². The zero-order chi connectivity index (χ0) is 20.7. The molecule has 5 rings (SSSR count). The van der Waals surface area contributed by atoms with Gasteiger partial charge in [0.2, 0.25) is 0 Å². The molecule has 0 bridgehead atoms. The molecule has 142 valence electrons. The second kappa shape index (κ2) is 6.87. The van der Waals surface area contributed by atoms with Crippen LogP contribution in [0.15, 0.2) is 90.0 Å². The summed E-state index contributed by atoms with van der Waals surface area (Å²) in [5.41, 5.74) is 5.58. The van der Waals surface area contributed by atoms with Crippen molar-refractivity contribution in [2.45, 2.75) is 0 Å². The molecule has 2 amide bonds. The van der Waals surface area contributed by atoms with Gasteiger partial charge in [0.1, 0.15) is 0 Å². The fourth-order valence-corrected chi connectivity index (χ4v) is 3.82. The number of rotatable bonds is 3. The number of nitrogens with zero attached hydrogens (tertiary/aromatic N) is 1. The summed E-state index contributed by atoms with van der Waals surface area (Å²) in [6, 6.07) is 26.6. The van der Waals surface area contributed by atoms with E-state index in [1.54, 1.807) is 24.3 Å². The highest BCUT2D eigenvalue weighted by Gasteiger charge is 2.40. The number of carbonyl (C=O) groups is 2. The van der Waals surface area contributed by atoms with Crippen LogP contribution < -0.4 is 10.6 Å². The SMILES string of the molecule is N#Cc1cccc(C2=C3C(=O)NC(c4ccc(-c5ccccc5)cc4)=C3C(=O)N2)c1. The molecule has 2 heterocycles. The molecule has 30 heavy (non-hydrogen) atoms. The average Bonchev–Trinajstić information content (AvgIpc) is 3.33. The van der Waals surface area contributed by atoms with Gasteiger partial charge in [-0.05, 0) is 28.8 Å². The highest BCUT2D eigenvalue weighted by molar-refractivity contribution is 6.30. The van der Waals surface area contributed by atoms with Gasteiger partial charge < -0.3 is 10.6 Å². The van der Waals surface area contributed by atoms with Gasteiger partial charge >= 0.3 is 0 Å². The standard InChI is InChI=1S/C25H15N3O2/c26-14-15-5-4-8-19(13-15)23-21-20(24(29)28-23)22(27-25(21)30)18-11-9-17(10-12-18)16-6-2-1-3-7-16/h1-13H,(H,27,30)(H,28,29). The predicted molar refractivity (Wildman–Crippen MR) is 113 cm³/mol. The van der Waals surface area contributed by atoms with Gasteiger partial charge in [-0.1, -0.05) is 66.7 Å². The second-order valence-electron chi connectivity index (χ2n) is 7.04. The second-order valence-corrected chi connectivity index (χ2v) is 7.04. The average molecular weight is 389 g/mol. The van der Waals surface area contributed by atoms with Crippen molar-refractivity contribution in [3.63, 3.8) is 0 Å². The van der Waals surface area contributed by atoms with E-state index in [1.165, 1.54) is 0 Å². The van der Waals surface area contributed by atoms with Crippen molar-refractivity contribution < 1.29 is 9.59 Å². The Bertz CT molecular complexity index is 1310. The van der Waals surface area contributed by atoms with Gasteiger partial charge in [0.25, 0.3) is 11.8 Å². The van der Waals surface area contributed by atoms with E-state index in [0.29, 0.717) is 33.7 Å². The van der Waals surface area contributed by atoms with Crippen molar-refractivity contribution in [3.05, 3.63) is 107 Å². The Balaban J connectivity index is 1.59. The Labute approximate surface area is 173 Å². The fraction of sp³-hybridized carbons (Fsp3) is 0.